The van der Waals surface area contributed by atoms with Gasteiger partial charge in [0.1, 0.15) is 5.82 Å². The summed E-state index contributed by atoms with van der Waals surface area (Å²) in [7, 11) is 0. The van der Waals surface area contributed by atoms with Crippen molar-refractivity contribution in [1.82, 2.24) is 0 Å². The number of hydrogen-bond acceptors (Lipinski definition) is 2. The third kappa shape index (κ3) is 2.58. The van der Waals surface area contributed by atoms with Crippen LogP contribution in [0.1, 0.15) is 19.8 Å². The van der Waals surface area contributed by atoms with Gasteiger partial charge < -0.3 is 11.1 Å². The van der Waals surface area contributed by atoms with Crippen LogP contribution in [-0.4, -0.2) is 11.4 Å². The molecule has 1 aromatic rings. The van der Waals surface area contributed by atoms with E-state index in [-0.39, 0.29) is 17.5 Å². The molecular weight excluding hydrogens is 243 g/mol. The van der Waals surface area contributed by atoms with E-state index in [9.17, 15) is 9.18 Å². The molecular formula is C12H14ClFN2O. The average Bonchev–Trinajstić information content (AvgIpc) is 3.05. The molecule has 1 atom stereocenters. The fourth-order valence-electron chi connectivity index (χ4n) is 1.72. The third-order valence-electron chi connectivity index (χ3n) is 3.09. The Morgan fingerprint density at radius 1 is 1.59 bits per heavy atom. The SMILES string of the molecule is CC(N)(C(=O)Nc1ccc(Cl)cc1F)C1CC1. The van der Waals surface area contributed by atoms with Crippen molar-refractivity contribution >= 4 is 23.2 Å². The molecule has 5 heteroatoms. The molecule has 1 aromatic carbocycles. The maximum atomic E-state index is 13.5. The number of carbonyl (C=O) groups is 1. The predicted molar refractivity (Wildman–Crippen MR) is 65.4 cm³/mol. The molecule has 2 rings (SSSR count). The zero-order valence-electron chi connectivity index (χ0n) is 9.47. The van der Waals surface area contributed by atoms with Gasteiger partial charge in [0.25, 0.3) is 0 Å². The van der Waals surface area contributed by atoms with Crippen LogP contribution in [0.5, 0.6) is 0 Å². The lowest BCUT2D eigenvalue weighted by atomic mass is 9.96. The smallest absolute Gasteiger partial charge is 0.244 e. The zero-order chi connectivity index (χ0) is 12.6. The summed E-state index contributed by atoms with van der Waals surface area (Å²) in [5, 5.41) is 2.79. The quantitative estimate of drug-likeness (QED) is 0.873. The second-order valence-corrected chi connectivity index (χ2v) is 5.07. The van der Waals surface area contributed by atoms with Crippen molar-refractivity contribution in [3.8, 4) is 0 Å². The number of hydrogen-bond donors (Lipinski definition) is 2. The summed E-state index contributed by atoms with van der Waals surface area (Å²) < 4.78 is 13.5. The van der Waals surface area contributed by atoms with Gasteiger partial charge in [-0.2, -0.15) is 0 Å². The van der Waals surface area contributed by atoms with Crippen molar-refractivity contribution in [2.24, 2.45) is 11.7 Å². The normalized spacial score (nSPS) is 18.6. The Hall–Kier alpha value is -1.13. The molecule has 0 spiro atoms. The fourth-order valence-corrected chi connectivity index (χ4v) is 1.88. The van der Waals surface area contributed by atoms with Crippen LogP contribution in [0.25, 0.3) is 0 Å². The monoisotopic (exact) mass is 256 g/mol. The summed E-state index contributed by atoms with van der Waals surface area (Å²) in [6, 6.07) is 4.10. The van der Waals surface area contributed by atoms with Crippen molar-refractivity contribution in [3.05, 3.63) is 29.0 Å². The minimum atomic E-state index is -0.938. The average molecular weight is 257 g/mol. The fraction of sp³-hybridized carbons (Fsp3) is 0.417. The Morgan fingerprint density at radius 2 is 2.24 bits per heavy atom. The van der Waals surface area contributed by atoms with E-state index in [1.165, 1.54) is 12.1 Å². The maximum Gasteiger partial charge on any atom is 0.244 e. The van der Waals surface area contributed by atoms with E-state index in [2.05, 4.69) is 5.32 Å². The lowest BCUT2D eigenvalue weighted by molar-refractivity contribution is -0.121. The topological polar surface area (TPSA) is 55.1 Å². The van der Waals surface area contributed by atoms with Crippen LogP contribution >= 0.6 is 11.6 Å². The molecule has 1 fully saturated rings. The highest BCUT2D eigenvalue weighted by atomic mass is 35.5. The molecule has 0 aromatic heterocycles. The van der Waals surface area contributed by atoms with E-state index in [0.717, 1.165) is 18.9 Å². The van der Waals surface area contributed by atoms with E-state index < -0.39 is 11.4 Å². The maximum absolute atomic E-state index is 13.5. The number of rotatable bonds is 3. The van der Waals surface area contributed by atoms with Crippen molar-refractivity contribution in [2.75, 3.05) is 5.32 Å². The number of benzene rings is 1. The lowest BCUT2D eigenvalue weighted by Gasteiger charge is -2.23. The molecule has 1 unspecified atom stereocenters. The summed E-state index contributed by atoms with van der Waals surface area (Å²) in [5.74, 6) is -0.725. The highest BCUT2D eigenvalue weighted by Gasteiger charge is 2.44. The predicted octanol–water partition coefficient (Wildman–Crippen LogP) is 2.55. The lowest BCUT2D eigenvalue weighted by Crippen LogP contribution is -2.50. The molecule has 1 amide bonds. The highest BCUT2D eigenvalue weighted by Crippen LogP contribution is 2.38. The van der Waals surface area contributed by atoms with Crippen LogP contribution in [0.2, 0.25) is 5.02 Å². The minimum Gasteiger partial charge on any atom is -0.322 e. The summed E-state index contributed by atoms with van der Waals surface area (Å²) >= 11 is 5.63. The van der Waals surface area contributed by atoms with Gasteiger partial charge >= 0.3 is 0 Å². The molecule has 1 aliphatic carbocycles. The Balaban J connectivity index is 2.12. The van der Waals surface area contributed by atoms with Crippen molar-refractivity contribution in [2.45, 2.75) is 25.3 Å². The van der Waals surface area contributed by atoms with E-state index in [1.54, 1.807) is 6.92 Å². The summed E-state index contributed by atoms with van der Waals surface area (Å²) in [4.78, 5) is 11.9. The van der Waals surface area contributed by atoms with E-state index in [0.29, 0.717) is 5.02 Å². The molecule has 3 N–H and O–H groups in total. The summed E-state index contributed by atoms with van der Waals surface area (Å²) in [6.45, 7) is 1.67. The van der Waals surface area contributed by atoms with Gasteiger partial charge in [-0.3, -0.25) is 4.79 Å². The van der Waals surface area contributed by atoms with Gasteiger partial charge in [-0.05, 0) is 43.9 Å². The number of halogens is 2. The number of amides is 1. The summed E-state index contributed by atoms with van der Waals surface area (Å²) in [6.07, 6.45) is 1.90. The molecule has 0 bridgehead atoms. The first-order valence-corrected chi connectivity index (χ1v) is 5.84. The van der Waals surface area contributed by atoms with Crippen LogP contribution < -0.4 is 11.1 Å². The van der Waals surface area contributed by atoms with E-state index >= 15 is 0 Å². The van der Waals surface area contributed by atoms with Crippen LogP contribution in [-0.2, 0) is 4.79 Å². The minimum absolute atomic E-state index is 0.108. The van der Waals surface area contributed by atoms with Crippen molar-refractivity contribution in [3.63, 3.8) is 0 Å². The van der Waals surface area contributed by atoms with Gasteiger partial charge in [-0.1, -0.05) is 11.6 Å². The third-order valence-corrected chi connectivity index (χ3v) is 3.33. The number of carbonyl (C=O) groups excluding carboxylic acids is 1. The second kappa shape index (κ2) is 4.27. The first kappa shape index (κ1) is 12.3. The first-order valence-electron chi connectivity index (χ1n) is 5.46. The van der Waals surface area contributed by atoms with Gasteiger partial charge in [0.15, 0.2) is 0 Å². The number of nitrogens with two attached hydrogens (primary N) is 1. The second-order valence-electron chi connectivity index (χ2n) is 4.64. The van der Waals surface area contributed by atoms with Gasteiger partial charge in [0.2, 0.25) is 5.91 Å². The molecule has 0 radical (unpaired) electrons. The Kier molecular flexibility index (Phi) is 3.10. The zero-order valence-corrected chi connectivity index (χ0v) is 10.2. The van der Waals surface area contributed by atoms with Crippen LogP contribution in [0.3, 0.4) is 0 Å². The van der Waals surface area contributed by atoms with Gasteiger partial charge in [0, 0.05) is 5.02 Å². The van der Waals surface area contributed by atoms with Crippen molar-refractivity contribution < 1.29 is 9.18 Å². The molecule has 1 aliphatic rings. The Labute approximate surface area is 104 Å². The molecule has 1 saturated carbocycles. The molecule has 0 heterocycles. The van der Waals surface area contributed by atoms with Gasteiger partial charge in [-0.25, -0.2) is 4.39 Å². The number of anilines is 1. The van der Waals surface area contributed by atoms with Gasteiger partial charge in [0.05, 0.1) is 11.2 Å². The molecule has 92 valence electrons. The standard InChI is InChI=1S/C12H14ClFN2O/c1-12(15,7-2-3-7)11(17)16-10-5-4-8(13)6-9(10)14/h4-7H,2-3,15H2,1H3,(H,16,17). The van der Waals surface area contributed by atoms with Crippen LogP contribution in [0.4, 0.5) is 10.1 Å². The molecule has 0 aliphatic heterocycles. The highest BCUT2D eigenvalue weighted by molar-refractivity contribution is 6.30. The molecule has 0 saturated heterocycles. The first-order chi connectivity index (χ1) is 7.91. The molecule has 3 nitrogen and oxygen atoms in total. The van der Waals surface area contributed by atoms with Crippen LogP contribution in [0.15, 0.2) is 18.2 Å². The van der Waals surface area contributed by atoms with Crippen molar-refractivity contribution in [1.29, 1.82) is 0 Å². The molecule has 17 heavy (non-hydrogen) atoms. The van der Waals surface area contributed by atoms with Gasteiger partial charge in [-0.15, -0.1) is 0 Å². The Bertz CT molecular complexity index is 458. The van der Waals surface area contributed by atoms with Crippen LogP contribution in [0, 0.1) is 11.7 Å². The largest absolute Gasteiger partial charge is 0.322 e. The Morgan fingerprint density at radius 3 is 2.76 bits per heavy atom. The van der Waals surface area contributed by atoms with E-state index in [1.807, 2.05) is 0 Å². The van der Waals surface area contributed by atoms with E-state index in [4.69, 9.17) is 17.3 Å². The summed E-state index contributed by atoms with van der Waals surface area (Å²) in [5.41, 5.74) is 5.10. The number of nitrogens with one attached hydrogen (secondary N) is 1.